The summed E-state index contributed by atoms with van der Waals surface area (Å²) in [5.74, 6) is 0.824. The van der Waals surface area contributed by atoms with E-state index in [2.05, 4.69) is 5.16 Å². The monoisotopic (exact) mass is 401 g/mol. The van der Waals surface area contributed by atoms with Gasteiger partial charge in [-0.3, -0.25) is 0 Å². The van der Waals surface area contributed by atoms with Crippen molar-refractivity contribution in [2.45, 2.75) is 6.42 Å². The number of nitrogens with zero attached hydrogens (tertiary/aromatic N) is 1. The van der Waals surface area contributed by atoms with Crippen molar-refractivity contribution >= 4 is 52.6 Å². The van der Waals surface area contributed by atoms with Crippen LogP contribution in [-0.2, 0) is 4.74 Å². The second-order valence-corrected chi connectivity index (χ2v) is 5.89. The number of benzene rings is 1. The van der Waals surface area contributed by atoms with Crippen LogP contribution in [0.1, 0.15) is 6.42 Å². The van der Waals surface area contributed by atoms with Crippen LogP contribution in [0.25, 0.3) is 0 Å². The molecular weight excluding hydrogens is 388 g/mol. The minimum atomic E-state index is 0.118. The Morgan fingerprint density at radius 2 is 1.78 bits per heavy atom. The Morgan fingerprint density at radius 3 is 2.39 bits per heavy atom. The zero-order chi connectivity index (χ0) is 17.1. The van der Waals surface area contributed by atoms with E-state index in [1.165, 1.54) is 12.3 Å². The highest BCUT2D eigenvalue weighted by atomic mass is 35.5. The van der Waals surface area contributed by atoms with Crippen LogP contribution in [0.5, 0.6) is 11.5 Å². The zero-order valence-corrected chi connectivity index (χ0v) is 15.0. The van der Waals surface area contributed by atoms with Gasteiger partial charge in [-0.25, -0.2) is 0 Å². The lowest BCUT2D eigenvalue weighted by molar-refractivity contribution is 0.105. The molecule has 0 aromatic heterocycles. The Hall–Kier alpha value is -0.850. The Balaban J connectivity index is 2.45. The van der Waals surface area contributed by atoms with Crippen LogP contribution in [-0.4, -0.2) is 37.8 Å². The van der Waals surface area contributed by atoms with Crippen LogP contribution in [0.2, 0.25) is 10.0 Å². The molecule has 9 heteroatoms. The average Bonchev–Trinajstić information content (AvgIpc) is 2.48. The van der Waals surface area contributed by atoms with Crippen LogP contribution in [0.15, 0.2) is 27.9 Å². The molecule has 0 saturated carbocycles. The van der Waals surface area contributed by atoms with E-state index in [1.807, 2.05) is 0 Å². The molecule has 23 heavy (non-hydrogen) atoms. The molecule has 0 saturated heterocycles. The molecule has 1 rings (SSSR count). The van der Waals surface area contributed by atoms with Gasteiger partial charge in [-0.2, -0.15) is 0 Å². The van der Waals surface area contributed by atoms with Gasteiger partial charge in [0.05, 0.1) is 23.3 Å². The summed E-state index contributed by atoms with van der Waals surface area (Å²) in [5, 5.41) is 11.7. The third-order valence-electron chi connectivity index (χ3n) is 2.41. The normalized spacial score (nSPS) is 10.8. The number of oxime groups is 1. The first-order valence-corrected chi connectivity index (χ1v) is 8.05. The summed E-state index contributed by atoms with van der Waals surface area (Å²) in [5.41, 5.74) is 0. The fourth-order valence-electron chi connectivity index (χ4n) is 1.46. The molecule has 0 atom stereocenters. The Morgan fingerprint density at radius 1 is 1.09 bits per heavy atom. The molecule has 0 aliphatic heterocycles. The lowest BCUT2D eigenvalue weighted by Crippen LogP contribution is -2.08. The smallest absolute Gasteiger partial charge is 0.156 e. The summed E-state index contributed by atoms with van der Waals surface area (Å²) in [7, 11) is 0. The highest BCUT2D eigenvalue weighted by Crippen LogP contribution is 2.36. The molecule has 1 aromatic carbocycles. The summed E-state index contributed by atoms with van der Waals surface area (Å²) in [6, 6.07) is 3.16. The van der Waals surface area contributed by atoms with Gasteiger partial charge >= 0.3 is 0 Å². The predicted molar refractivity (Wildman–Crippen MR) is 93.0 cm³/mol. The quantitative estimate of drug-likeness (QED) is 0.260. The van der Waals surface area contributed by atoms with Crippen molar-refractivity contribution in [3.05, 3.63) is 32.7 Å². The van der Waals surface area contributed by atoms with E-state index in [4.69, 9.17) is 65.8 Å². The Kier molecular flexibility index (Phi) is 10.2. The van der Waals surface area contributed by atoms with Gasteiger partial charge in [0.1, 0.15) is 23.5 Å². The number of hydrogen-bond acceptors (Lipinski definition) is 5. The van der Waals surface area contributed by atoms with Crippen molar-refractivity contribution in [1.82, 2.24) is 0 Å². The molecule has 0 unspecified atom stereocenters. The van der Waals surface area contributed by atoms with Gasteiger partial charge in [0, 0.05) is 24.8 Å². The molecule has 1 aromatic rings. The number of hydrogen-bond donors (Lipinski definition) is 1. The maximum Gasteiger partial charge on any atom is 0.156 e. The molecule has 0 bridgehead atoms. The summed E-state index contributed by atoms with van der Waals surface area (Å²) in [6.07, 6.45) is 3.36. The predicted octanol–water partition coefficient (Wildman–Crippen LogP) is 4.94. The molecule has 128 valence electrons. The van der Waals surface area contributed by atoms with E-state index in [0.29, 0.717) is 41.2 Å². The van der Waals surface area contributed by atoms with Crippen LogP contribution in [0.3, 0.4) is 0 Å². The minimum absolute atomic E-state index is 0.118. The fraction of sp³-hybridized carbons (Fsp3) is 0.357. The largest absolute Gasteiger partial charge is 0.489 e. The van der Waals surface area contributed by atoms with E-state index in [-0.39, 0.29) is 17.7 Å². The first-order valence-electron chi connectivity index (χ1n) is 6.54. The number of ether oxygens (including phenoxy) is 3. The summed E-state index contributed by atoms with van der Waals surface area (Å²) < 4.78 is 16.3. The van der Waals surface area contributed by atoms with Crippen LogP contribution >= 0.6 is 46.4 Å². The first-order chi connectivity index (χ1) is 11.0. The van der Waals surface area contributed by atoms with Crippen molar-refractivity contribution in [1.29, 1.82) is 0 Å². The lowest BCUT2D eigenvalue weighted by atomic mass is 10.3. The molecule has 0 amide bonds. The molecule has 5 nitrogen and oxygen atoms in total. The van der Waals surface area contributed by atoms with Gasteiger partial charge in [0.2, 0.25) is 0 Å². The van der Waals surface area contributed by atoms with Crippen molar-refractivity contribution < 1.29 is 19.4 Å². The van der Waals surface area contributed by atoms with E-state index < -0.39 is 0 Å². The van der Waals surface area contributed by atoms with E-state index in [9.17, 15) is 0 Å². The van der Waals surface area contributed by atoms with Crippen LogP contribution in [0, 0.1) is 0 Å². The highest BCUT2D eigenvalue weighted by Gasteiger charge is 2.10. The van der Waals surface area contributed by atoms with Gasteiger partial charge in [-0.1, -0.05) is 46.4 Å². The molecule has 0 aliphatic rings. The van der Waals surface area contributed by atoms with Gasteiger partial charge in [-0.15, -0.1) is 5.16 Å². The van der Waals surface area contributed by atoms with Gasteiger partial charge in [-0.05, 0) is 6.08 Å². The Bertz CT molecular complexity index is 525. The molecular formula is C14H15Cl4NO4. The van der Waals surface area contributed by atoms with Crippen molar-refractivity contribution in [3.8, 4) is 11.5 Å². The van der Waals surface area contributed by atoms with Crippen molar-refractivity contribution in [2.24, 2.45) is 5.16 Å². The number of halogens is 4. The second kappa shape index (κ2) is 11.6. The van der Waals surface area contributed by atoms with Crippen LogP contribution < -0.4 is 9.47 Å². The lowest BCUT2D eigenvalue weighted by Gasteiger charge is -2.12. The standard InChI is InChI=1S/C14H15Cl4NO4/c15-11-8-10(22-5-2-13(17)18)9-12(16)14(11)23-7-6-21-4-1-3-19-20/h2-3,8-9,20H,1,4-7H2/b19-3+. The SMILES string of the molecule is O/N=C/CCOCCOc1c(Cl)cc(OCC=C(Cl)Cl)cc1Cl. The summed E-state index contributed by atoms with van der Waals surface area (Å²) in [6.45, 7) is 1.25. The summed E-state index contributed by atoms with van der Waals surface area (Å²) in [4.78, 5) is 0. The first kappa shape index (κ1) is 20.2. The maximum atomic E-state index is 8.22. The molecule has 0 radical (unpaired) electrons. The molecule has 0 fully saturated rings. The second-order valence-electron chi connectivity index (χ2n) is 4.07. The van der Waals surface area contributed by atoms with Crippen molar-refractivity contribution in [3.63, 3.8) is 0 Å². The van der Waals surface area contributed by atoms with Crippen molar-refractivity contribution in [2.75, 3.05) is 26.4 Å². The average molecular weight is 403 g/mol. The third-order valence-corrected chi connectivity index (χ3v) is 3.28. The minimum Gasteiger partial charge on any atom is -0.489 e. The molecule has 0 spiro atoms. The van der Waals surface area contributed by atoms with E-state index >= 15 is 0 Å². The van der Waals surface area contributed by atoms with Gasteiger partial charge in [0.25, 0.3) is 0 Å². The van der Waals surface area contributed by atoms with E-state index in [0.717, 1.165) is 0 Å². The maximum absolute atomic E-state index is 8.22. The topological polar surface area (TPSA) is 60.3 Å². The summed E-state index contributed by atoms with van der Waals surface area (Å²) >= 11 is 23.2. The fourth-order valence-corrected chi connectivity index (χ4v) is 2.16. The number of rotatable bonds is 10. The Labute approximate surface area is 154 Å². The molecule has 0 aliphatic carbocycles. The van der Waals surface area contributed by atoms with Gasteiger partial charge < -0.3 is 19.4 Å². The highest BCUT2D eigenvalue weighted by molar-refractivity contribution is 6.55. The van der Waals surface area contributed by atoms with Gasteiger partial charge in [0.15, 0.2) is 5.75 Å². The third kappa shape index (κ3) is 8.53. The molecule has 1 N–H and O–H groups in total. The zero-order valence-electron chi connectivity index (χ0n) is 12.0. The van der Waals surface area contributed by atoms with Crippen LogP contribution in [0.4, 0.5) is 0 Å². The molecule has 0 heterocycles. The van der Waals surface area contributed by atoms with E-state index in [1.54, 1.807) is 12.1 Å².